The first-order valence-electron chi connectivity index (χ1n) is 5.33. The van der Waals surface area contributed by atoms with Crippen LogP contribution in [0.15, 0.2) is 16.5 Å². The minimum absolute atomic E-state index is 0.169. The van der Waals surface area contributed by atoms with Gasteiger partial charge in [-0.2, -0.15) is 0 Å². The van der Waals surface area contributed by atoms with Crippen LogP contribution in [0.5, 0.6) is 5.75 Å². The first-order valence-corrected chi connectivity index (χ1v) is 5.33. The van der Waals surface area contributed by atoms with Gasteiger partial charge in [0, 0.05) is 6.07 Å². The number of nitrogens with zero attached hydrogens (tertiary/aromatic N) is 1. The second-order valence-electron chi connectivity index (χ2n) is 3.82. The molecule has 1 aromatic heterocycles. The molecule has 0 aliphatic heterocycles. The summed E-state index contributed by atoms with van der Waals surface area (Å²) in [5.74, 6) is -0.0710. The number of aryl methyl sites for hydroxylation is 1. The van der Waals surface area contributed by atoms with Gasteiger partial charge < -0.3 is 13.9 Å². The van der Waals surface area contributed by atoms with Crippen molar-refractivity contribution < 1.29 is 23.6 Å². The van der Waals surface area contributed by atoms with Crippen molar-refractivity contribution in [3.05, 3.63) is 33.6 Å². The van der Waals surface area contributed by atoms with Gasteiger partial charge in [0.25, 0.3) is 5.69 Å². The molecule has 2 rings (SSSR count). The highest BCUT2D eigenvalue weighted by molar-refractivity contribution is 6.04. The minimum atomic E-state index is -0.800. The smallest absolute Gasteiger partial charge is 0.345 e. The van der Waals surface area contributed by atoms with Crippen LogP contribution in [0.4, 0.5) is 5.69 Å². The zero-order valence-electron chi connectivity index (χ0n) is 10.6. The number of hydrogen-bond donors (Lipinski definition) is 0. The molecule has 19 heavy (non-hydrogen) atoms. The lowest BCUT2D eigenvalue weighted by Crippen LogP contribution is -2.06. The zero-order chi connectivity index (χ0) is 14.2. The average molecular weight is 265 g/mol. The van der Waals surface area contributed by atoms with E-state index in [0.717, 1.165) is 7.11 Å². The number of furan rings is 1. The largest absolute Gasteiger partial charge is 0.493 e. The van der Waals surface area contributed by atoms with Crippen LogP contribution < -0.4 is 4.74 Å². The second kappa shape index (κ2) is 4.60. The summed E-state index contributed by atoms with van der Waals surface area (Å²) in [5.41, 5.74) is -0.281. The van der Waals surface area contributed by atoms with E-state index in [0.29, 0.717) is 5.76 Å². The number of rotatable bonds is 3. The third kappa shape index (κ3) is 1.99. The van der Waals surface area contributed by atoms with Crippen molar-refractivity contribution in [3.63, 3.8) is 0 Å². The molecule has 0 aliphatic carbocycles. The first-order chi connectivity index (χ1) is 8.99. The maximum absolute atomic E-state index is 11.6. The fourth-order valence-electron chi connectivity index (χ4n) is 1.90. The predicted octanol–water partition coefficient (Wildman–Crippen LogP) is 2.44. The van der Waals surface area contributed by atoms with Crippen LogP contribution in [-0.2, 0) is 4.74 Å². The Balaban J connectivity index is 2.91. The molecular weight excluding hydrogens is 254 g/mol. The lowest BCUT2D eigenvalue weighted by atomic mass is 10.1. The summed E-state index contributed by atoms with van der Waals surface area (Å²) < 4.78 is 15.0. The van der Waals surface area contributed by atoms with Crippen molar-refractivity contribution in [3.8, 4) is 5.75 Å². The van der Waals surface area contributed by atoms with Crippen molar-refractivity contribution in [1.29, 1.82) is 0 Å². The van der Waals surface area contributed by atoms with E-state index < -0.39 is 10.9 Å². The SMILES string of the molecule is COC(=O)c1cc(OC)c2oc(C)cc2c1[N+](=O)[O-]. The number of carbonyl (C=O) groups excluding carboxylic acids is 1. The topological polar surface area (TPSA) is 91.8 Å². The van der Waals surface area contributed by atoms with Gasteiger partial charge in [-0.3, -0.25) is 10.1 Å². The van der Waals surface area contributed by atoms with E-state index >= 15 is 0 Å². The lowest BCUT2D eigenvalue weighted by molar-refractivity contribution is -0.383. The molecule has 7 nitrogen and oxygen atoms in total. The average Bonchev–Trinajstić information content (AvgIpc) is 2.76. The molecule has 7 heteroatoms. The molecule has 2 aromatic rings. The first kappa shape index (κ1) is 12.9. The van der Waals surface area contributed by atoms with Gasteiger partial charge in [0.15, 0.2) is 11.3 Å². The van der Waals surface area contributed by atoms with Gasteiger partial charge in [0.2, 0.25) is 0 Å². The Morgan fingerprint density at radius 2 is 2.05 bits per heavy atom. The number of nitro benzene ring substituents is 1. The summed E-state index contributed by atoms with van der Waals surface area (Å²) in [7, 11) is 2.54. The highest BCUT2D eigenvalue weighted by Gasteiger charge is 2.29. The zero-order valence-corrected chi connectivity index (χ0v) is 10.6. The molecule has 0 unspecified atom stereocenters. The van der Waals surface area contributed by atoms with E-state index in [-0.39, 0.29) is 28.0 Å². The van der Waals surface area contributed by atoms with Crippen LogP contribution in [0, 0.1) is 17.0 Å². The van der Waals surface area contributed by atoms with Gasteiger partial charge in [-0.05, 0) is 13.0 Å². The Kier molecular flexibility index (Phi) is 3.12. The molecule has 0 spiro atoms. The van der Waals surface area contributed by atoms with Crippen molar-refractivity contribution in [2.24, 2.45) is 0 Å². The molecule has 0 saturated heterocycles. The Hall–Kier alpha value is -2.57. The van der Waals surface area contributed by atoms with Gasteiger partial charge in [0.1, 0.15) is 16.7 Å². The van der Waals surface area contributed by atoms with Gasteiger partial charge >= 0.3 is 5.97 Å². The number of carbonyl (C=O) groups is 1. The van der Waals surface area contributed by atoms with Crippen molar-refractivity contribution in [2.45, 2.75) is 6.92 Å². The van der Waals surface area contributed by atoms with Crippen LogP contribution in [0.1, 0.15) is 16.1 Å². The number of esters is 1. The molecule has 1 heterocycles. The third-order valence-corrected chi connectivity index (χ3v) is 2.67. The summed E-state index contributed by atoms with van der Waals surface area (Å²) in [4.78, 5) is 22.2. The fraction of sp³-hybridized carbons (Fsp3) is 0.250. The number of hydrogen-bond acceptors (Lipinski definition) is 6. The standard InChI is InChI=1S/C12H11NO6/c1-6-4-7-10(13(15)16)8(12(14)18-3)5-9(17-2)11(7)19-6/h4-5H,1-3H3. The predicted molar refractivity (Wildman–Crippen MR) is 65.5 cm³/mol. The van der Waals surface area contributed by atoms with Gasteiger partial charge in [0.05, 0.1) is 19.1 Å². The van der Waals surface area contributed by atoms with E-state index in [2.05, 4.69) is 4.74 Å². The summed E-state index contributed by atoms with van der Waals surface area (Å²) in [6.07, 6.45) is 0. The monoisotopic (exact) mass is 265 g/mol. The molecule has 0 saturated carbocycles. The molecule has 0 bridgehead atoms. The molecule has 0 atom stereocenters. The van der Waals surface area contributed by atoms with Gasteiger partial charge in [-0.25, -0.2) is 4.79 Å². The third-order valence-electron chi connectivity index (χ3n) is 2.67. The van der Waals surface area contributed by atoms with Gasteiger partial charge in [-0.15, -0.1) is 0 Å². The van der Waals surface area contributed by atoms with Crippen molar-refractivity contribution >= 4 is 22.6 Å². The maximum atomic E-state index is 11.6. The maximum Gasteiger partial charge on any atom is 0.345 e. The number of nitro groups is 1. The fourth-order valence-corrected chi connectivity index (χ4v) is 1.90. The Morgan fingerprint density at radius 1 is 1.37 bits per heavy atom. The molecule has 0 amide bonds. The van der Waals surface area contributed by atoms with Gasteiger partial charge in [-0.1, -0.05) is 0 Å². The van der Waals surface area contributed by atoms with Crippen LogP contribution in [0.3, 0.4) is 0 Å². The van der Waals surface area contributed by atoms with Crippen molar-refractivity contribution in [1.82, 2.24) is 0 Å². The molecule has 0 fully saturated rings. The summed E-state index contributed by atoms with van der Waals surface area (Å²) >= 11 is 0. The van der Waals surface area contributed by atoms with Crippen LogP contribution in [-0.4, -0.2) is 25.1 Å². The number of fused-ring (bicyclic) bond motifs is 1. The molecule has 0 N–H and O–H groups in total. The van der Waals surface area contributed by atoms with E-state index in [1.165, 1.54) is 19.2 Å². The quantitative estimate of drug-likeness (QED) is 0.480. The summed E-state index contributed by atoms with van der Waals surface area (Å²) in [6, 6.07) is 2.73. The summed E-state index contributed by atoms with van der Waals surface area (Å²) in [5, 5.41) is 11.4. The summed E-state index contributed by atoms with van der Waals surface area (Å²) in [6.45, 7) is 1.65. The number of methoxy groups -OCH3 is 2. The van der Waals surface area contributed by atoms with Crippen LogP contribution in [0.2, 0.25) is 0 Å². The van der Waals surface area contributed by atoms with Crippen LogP contribution >= 0.6 is 0 Å². The molecule has 0 radical (unpaired) electrons. The van der Waals surface area contributed by atoms with E-state index in [1.807, 2.05) is 0 Å². The normalized spacial score (nSPS) is 10.5. The van der Waals surface area contributed by atoms with Crippen LogP contribution in [0.25, 0.3) is 11.0 Å². The Labute approximate surface area is 107 Å². The lowest BCUT2D eigenvalue weighted by Gasteiger charge is -2.05. The highest BCUT2D eigenvalue weighted by atomic mass is 16.6. The Morgan fingerprint density at radius 3 is 2.58 bits per heavy atom. The molecule has 0 aliphatic rings. The molecule has 100 valence electrons. The van der Waals surface area contributed by atoms with E-state index in [9.17, 15) is 14.9 Å². The van der Waals surface area contributed by atoms with E-state index in [1.54, 1.807) is 6.92 Å². The second-order valence-corrected chi connectivity index (χ2v) is 3.82. The highest BCUT2D eigenvalue weighted by Crippen LogP contribution is 2.38. The number of benzene rings is 1. The number of ether oxygens (including phenoxy) is 2. The van der Waals surface area contributed by atoms with E-state index in [4.69, 9.17) is 9.15 Å². The molecule has 1 aromatic carbocycles. The van der Waals surface area contributed by atoms with Crippen molar-refractivity contribution in [2.75, 3.05) is 14.2 Å². The Bertz CT molecular complexity index is 672. The minimum Gasteiger partial charge on any atom is -0.493 e. The molecular formula is C12H11NO6.